The molecule has 0 aliphatic carbocycles. The van der Waals surface area contributed by atoms with Crippen molar-refractivity contribution >= 4 is 11.0 Å². The Morgan fingerprint density at radius 1 is 1.43 bits per heavy atom. The molecule has 2 aromatic heterocycles. The maximum Gasteiger partial charge on any atom is 0.327 e. The molecule has 2 aromatic rings. The van der Waals surface area contributed by atoms with Gasteiger partial charge in [0.15, 0.2) is 0 Å². The molecule has 0 aliphatic heterocycles. The summed E-state index contributed by atoms with van der Waals surface area (Å²) in [4.78, 5) is 26.8. The normalized spacial score (nSPS) is 11.0. The van der Waals surface area contributed by atoms with Gasteiger partial charge in [-0.15, -0.1) is 0 Å². The van der Waals surface area contributed by atoms with Gasteiger partial charge in [0.05, 0.1) is 6.61 Å². The van der Waals surface area contributed by atoms with E-state index in [0.29, 0.717) is 5.65 Å². The molecule has 0 aromatic carbocycles. The molecule has 3 N–H and O–H groups in total. The summed E-state index contributed by atoms with van der Waals surface area (Å²) in [5.74, 6) is 0. The highest BCUT2D eigenvalue weighted by Crippen LogP contribution is 2.08. The first kappa shape index (κ1) is 8.70. The number of hydrogen-bond acceptors (Lipinski definition) is 4. The van der Waals surface area contributed by atoms with E-state index in [1.807, 2.05) is 0 Å². The highest BCUT2D eigenvalue weighted by atomic mass is 16.3. The molecule has 0 atom stereocenters. The van der Waals surface area contributed by atoms with E-state index >= 15 is 0 Å². The largest absolute Gasteiger partial charge is 0.390 e. The number of nitrogens with zero attached hydrogens (tertiary/aromatic N) is 2. The molecule has 0 amide bonds. The van der Waals surface area contributed by atoms with E-state index in [0.717, 1.165) is 0 Å². The Morgan fingerprint density at radius 2 is 2.14 bits per heavy atom. The van der Waals surface area contributed by atoms with E-state index in [-0.39, 0.29) is 17.7 Å². The molecule has 0 aliphatic rings. The van der Waals surface area contributed by atoms with E-state index < -0.39 is 11.2 Å². The van der Waals surface area contributed by atoms with Gasteiger partial charge in [0.2, 0.25) is 0 Å². The second-order valence-corrected chi connectivity index (χ2v) is 2.86. The van der Waals surface area contributed by atoms with Crippen LogP contribution in [0.25, 0.3) is 11.0 Å². The standard InChI is InChI=1S/C7H8N4O3/c1-11-5-4(3(2-12)10-11)6(13)9-7(14)8-5/h12H,2H2,1H3,(H2,8,9,13,14). The lowest BCUT2D eigenvalue weighted by atomic mass is 10.3. The van der Waals surface area contributed by atoms with E-state index in [9.17, 15) is 9.59 Å². The van der Waals surface area contributed by atoms with Gasteiger partial charge >= 0.3 is 5.69 Å². The van der Waals surface area contributed by atoms with Crippen LogP contribution in [0.15, 0.2) is 9.59 Å². The Kier molecular flexibility index (Phi) is 1.74. The summed E-state index contributed by atoms with van der Waals surface area (Å²) in [6.07, 6.45) is 0. The molecular formula is C7H8N4O3. The monoisotopic (exact) mass is 196 g/mol. The van der Waals surface area contributed by atoms with Crippen LogP contribution < -0.4 is 11.2 Å². The van der Waals surface area contributed by atoms with Gasteiger partial charge in [-0.3, -0.25) is 19.4 Å². The molecule has 2 rings (SSSR count). The van der Waals surface area contributed by atoms with Crippen molar-refractivity contribution in [3.8, 4) is 0 Å². The van der Waals surface area contributed by atoms with Crippen LogP contribution >= 0.6 is 0 Å². The summed E-state index contributed by atoms with van der Waals surface area (Å²) < 4.78 is 1.34. The van der Waals surface area contributed by atoms with Gasteiger partial charge in [0.25, 0.3) is 5.56 Å². The molecule has 14 heavy (non-hydrogen) atoms. The van der Waals surface area contributed by atoms with Gasteiger partial charge in [-0.2, -0.15) is 5.10 Å². The van der Waals surface area contributed by atoms with Gasteiger partial charge in [0.1, 0.15) is 16.7 Å². The quantitative estimate of drug-likeness (QED) is 0.513. The highest BCUT2D eigenvalue weighted by Gasteiger charge is 2.11. The number of rotatable bonds is 1. The van der Waals surface area contributed by atoms with Crippen LogP contribution in [0, 0.1) is 0 Å². The van der Waals surface area contributed by atoms with E-state index in [1.54, 1.807) is 7.05 Å². The molecular weight excluding hydrogens is 188 g/mol. The van der Waals surface area contributed by atoms with Crippen LogP contribution in [0.3, 0.4) is 0 Å². The summed E-state index contributed by atoms with van der Waals surface area (Å²) in [5.41, 5.74) is -0.571. The average molecular weight is 196 g/mol. The topological polar surface area (TPSA) is 104 Å². The van der Waals surface area contributed by atoms with Crippen molar-refractivity contribution in [1.29, 1.82) is 0 Å². The number of aryl methyl sites for hydroxylation is 1. The van der Waals surface area contributed by atoms with Crippen molar-refractivity contribution in [2.24, 2.45) is 7.05 Å². The van der Waals surface area contributed by atoms with Crippen LogP contribution in [0.2, 0.25) is 0 Å². The lowest BCUT2D eigenvalue weighted by Gasteiger charge is -1.90. The minimum absolute atomic E-state index is 0.217. The lowest BCUT2D eigenvalue weighted by molar-refractivity contribution is 0.277. The third kappa shape index (κ3) is 1.06. The van der Waals surface area contributed by atoms with Crippen molar-refractivity contribution in [2.45, 2.75) is 6.61 Å². The van der Waals surface area contributed by atoms with Crippen LogP contribution in [0.5, 0.6) is 0 Å². The van der Waals surface area contributed by atoms with Gasteiger partial charge in [-0.25, -0.2) is 4.79 Å². The molecule has 0 radical (unpaired) electrons. The molecule has 0 saturated carbocycles. The van der Waals surface area contributed by atoms with Crippen molar-refractivity contribution in [1.82, 2.24) is 19.7 Å². The molecule has 0 spiro atoms. The average Bonchev–Trinajstić information content (AvgIpc) is 2.43. The van der Waals surface area contributed by atoms with Crippen molar-refractivity contribution in [3.05, 3.63) is 26.5 Å². The number of aliphatic hydroxyl groups is 1. The van der Waals surface area contributed by atoms with Crippen molar-refractivity contribution in [3.63, 3.8) is 0 Å². The molecule has 2 heterocycles. The number of aromatic nitrogens is 4. The van der Waals surface area contributed by atoms with Gasteiger partial charge in [-0.1, -0.05) is 0 Å². The SMILES string of the molecule is Cn1nc(CO)c2c(=O)[nH]c(=O)[nH]c21. The van der Waals surface area contributed by atoms with Gasteiger partial charge in [-0.05, 0) is 0 Å². The number of aliphatic hydroxyl groups excluding tert-OH is 1. The third-order valence-corrected chi connectivity index (χ3v) is 1.96. The number of fused-ring (bicyclic) bond motifs is 1. The van der Waals surface area contributed by atoms with E-state index in [4.69, 9.17) is 5.11 Å². The highest BCUT2D eigenvalue weighted by molar-refractivity contribution is 5.76. The Labute approximate surface area is 77.0 Å². The predicted molar refractivity (Wildman–Crippen MR) is 47.9 cm³/mol. The Bertz CT molecular complexity index is 591. The van der Waals surface area contributed by atoms with Crippen LogP contribution in [-0.4, -0.2) is 24.9 Å². The van der Waals surface area contributed by atoms with E-state index in [1.165, 1.54) is 4.68 Å². The molecule has 0 unspecified atom stereocenters. The van der Waals surface area contributed by atoms with Crippen molar-refractivity contribution < 1.29 is 5.11 Å². The summed E-state index contributed by atoms with van der Waals surface area (Å²) in [5, 5.41) is 13.0. The summed E-state index contributed by atoms with van der Waals surface area (Å²) in [6.45, 7) is -0.341. The number of hydrogen-bond donors (Lipinski definition) is 3. The Morgan fingerprint density at radius 3 is 2.79 bits per heavy atom. The first-order chi connectivity index (χ1) is 6.63. The molecule has 7 nitrogen and oxygen atoms in total. The molecule has 0 saturated heterocycles. The van der Waals surface area contributed by atoms with Crippen molar-refractivity contribution in [2.75, 3.05) is 0 Å². The Hall–Kier alpha value is -1.89. The maximum absolute atomic E-state index is 11.4. The Balaban J connectivity index is 3.04. The fraction of sp³-hybridized carbons (Fsp3) is 0.286. The molecule has 0 fully saturated rings. The number of aromatic amines is 2. The van der Waals surface area contributed by atoms with E-state index in [2.05, 4.69) is 15.1 Å². The molecule has 7 heteroatoms. The second-order valence-electron chi connectivity index (χ2n) is 2.86. The second kappa shape index (κ2) is 2.81. The third-order valence-electron chi connectivity index (χ3n) is 1.96. The zero-order chi connectivity index (χ0) is 10.3. The summed E-state index contributed by atoms with van der Waals surface area (Å²) in [6, 6.07) is 0. The molecule has 0 bridgehead atoms. The van der Waals surface area contributed by atoms with Gasteiger partial charge in [0, 0.05) is 7.05 Å². The number of H-pyrrole nitrogens is 2. The fourth-order valence-electron chi connectivity index (χ4n) is 1.38. The minimum Gasteiger partial charge on any atom is -0.390 e. The zero-order valence-corrected chi connectivity index (χ0v) is 7.37. The first-order valence-corrected chi connectivity index (χ1v) is 3.92. The minimum atomic E-state index is -0.588. The number of nitrogens with one attached hydrogen (secondary N) is 2. The molecule has 74 valence electrons. The van der Waals surface area contributed by atoms with Crippen LogP contribution in [-0.2, 0) is 13.7 Å². The zero-order valence-electron chi connectivity index (χ0n) is 7.37. The smallest absolute Gasteiger partial charge is 0.327 e. The van der Waals surface area contributed by atoms with Crippen LogP contribution in [0.1, 0.15) is 5.69 Å². The lowest BCUT2D eigenvalue weighted by Crippen LogP contribution is -2.22. The van der Waals surface area contributed by atoms with Crippen LogP contribution in [0.4, 0.5) is 0 Å². The fourth-order valence-corrected chi connectivity index (χ4v) is 1.38. The predicted octanol–water partition coefficient (Wildman–Crippen LogP) is -1.56. The summed E-state index contributed by atoms with van der Waals surface area (Å²) in [7, 11) is 1.58. The van der Waals surface area contributed by atoms with Gasteiger partial charge < -0.3 is 5.11 Å². The maximum atomic E-state index is 11.4. The first-order valence-electron chi connectivity index (χ1n) is 3.92. The summed E-state index contributed by atoms with van der Waals surface area (Å²) >= 11 is 0.